The lowest BCUT2D eigenvalue weighted by Crippen LogP contribution is -2.40. The molecule has 3 aromatic carbocycles. The molecule has 1 aliphatic rings. The van der Waals surface area contributed by atoms with E-state index >= 15 is 0 Å². The molecule has 9 heteroatoms. The van der Waals surface area contributed by atoms with Crippen molar-refractivity contribution in [2.45, 2.75) is 11.4 Å². The highest BCUT2D eigenvalue weighted by atomic mass is 79.9. The molecule has 3 aromatic rings. The van der Waals surface area contributed by atoms with Crippen LogP contribution in [0.25, 0.3) is 0 Å². The molecule has 0 unspecified atom stereocenters. The van der Waals surface area contributed by atoms with Gasteiger partial charge in [-0.15, -0.1) is 0 Å². The molecule has 1 amide bonds. The van der Waals surface area contributed by atoms with Crippen LogP contribution in [0.15, 0.2) is 82.2 Å². The van der Waals surface area contributed by atoms with Gasteiger partial charge in [0.05, 0.1) is 10.6 Å². The number of rotatable bonds is 7. The van der Waals surface area contributed by atoms with Crippen molar-refractivity contribution in [2.75, 3.05) is 17.6 Å². The maximum absolute atomic E-state index is 13.3. The van der Waals surface area contributed by atoms with Crippen LogP contribution in [0, 0.1) is 0 Å². The normalized spacial score (nSPS) is 12.4. The minimum atomic E-state index is -3.93. The molecule has 0 atom stereocenters. The van der Waals surface area contributed by atoms with Crippen LogP contribution in [0.4, 0.5) is 5.69 Å². The average Bonchev–Trinajstić information content (AvgIpc) is 3.25. The smallest absolute Gasteiger partial charge is 0.264 e. The molecule has 0 fully saturated rings. The second-order valence-electron chi connectivity index (χ2n) is 6.77. The van der Waals surface area contributed by atoms with Crippen molar-refractivity contribution in [2.24, 2.45) is 0 Å². The number of hydrogen-bond acceptors (Lipinski definition) is 5. The van der Waals surface area contributed by atoms with E-state index in [2.05, 4.69) is 21.2 Å². The molecule has 4 rings (SSSR count). The summed E-state index contributed by atoms with van der Waals surface area (Å²) in [5, 5.41) is 2.77. The standard InChI is InChI=1S/C22H19BrN2O5S/c23-17-7-9-18(10-8-17)25(31(27,28)19-4-2-1-3-5-19)14-22(26)24-13-16-6-11-20-21(12-16)30-15-29-20/h1-12H,13-15H2,(H,24,26). The Kier molecular flexibility index (Phi) is 6.15. The van der Waals surface area contributed by atoms with Gasteiger partial charge < -0.3 is 14.8 Å². The lowest BCUT2D eigenvalue weighted by molar-refractivity contribution is -0.119. The predicted octanol–water partition coefficient (Wildman–Crippen LogP) is 3.69. The molecular formula is C22H19BrN2O5S. The minimum Gasteiger partial charge on any atom is -0.454 e. The number of anilines is 1. The lowest BCUT2D eigenvalue weighted by Gasteiger charge is -2.24. The van der Waals surface area contributed by atoms with Crippen molar-refractivity contribution in [3.8, 4) is 11.5 Å². The summed E-state index contributed by atoms with van der Waals surface area (Å²) >= 11 is 3.35. The average molecular weight is 503 g/mol. The van der Waals surface area contributed by atoms with Crippen molar-refractivity contribution in [3.05, 3.63) is 82.8 Å². The van der Waals surface area contributed by atoms with Gasteiger partial charge >= 0.3 is 0 Å². The van der Waals surface area contributed by atoms with E-state index < -0.39 is 15.9 Å². The van der Waals surface area contributed by atoms with Gasteiger partial charge in [0.15, 0.2) is 11.5 Å². The first kappa shape index (κ1) is 21.2. The van der Waals surface area contributed by atoms with E-state index in [-0.39, 0.29) is 24.8 Å². The van der Waals surface area contributed by atoms with Gasteiger partial charge in [0.1, 0.15) is 6.54 Å². The molecule has 1 aliphatic heterocycles. The number of carbonyl (C=O) groups excluding carboxylic acids is 1. The Morgan fingerprint density at radius 3 is 2.42 bits per heavy atom. The van der Waals surface area contributed by atoms with Crippen LogP contribution in [0.5, 0.6) is 11.5 Å². The van der Waals surface area contributed by atoms with Crippen molar-refractivity contribution in [1.82, 2.24) is 5.32 Å². The highest BCUT2D eigenvalue weighted by molar-refractivity contribution is 9.10. The zero-order valence-electron chi connectivity index (χ0n) is 16.3. The fraction of sp³-hybridized carbons (Fsp3) is 0.136. The van der Waals surface area contributed by atoms with Crippen LogP contribution in [-0.4, -0.2) is 27.7 Å². The van der Waals surface area contributed by atoms with Crippen LogP contribution in [0.3, 0.4) is 0 Å². The van der Waals surface area contributed by atoms with Crippen LogP contribution in [0.2, 0.25) is 0 Å². The fourth-order valence-electron chi connectivity index (χ4n) is 3.08. The molecule has 7 nitrogen and oxygen atoms in total. The maximum Gasteiger partial charge on any atom is 0.264 e. The molecule has 0 saturated heterocycles. The molecule has 0 aliphatic carbocycles. The summed E-state index contributed by atoms with van der Waals surface area (Å²) in [6, 6.07) is 20.2. The second-order valence-corrected chi connectivity index (χ2v) is 9.54. The SMILES string of the molecule is O=C(CN(c1ccc(Br)cc1)S(=O)(=O)c1ccccc1)NCc1ccc2c(c1)OCO2. The van der Waals surface area contributed by atoms with E-state index in [0.717, 1.165) is 14.3 Å². The summed E-state index contributed by atoms with van der Waals surface area (Å²) in [5.74, 6) is 0.848. The van der Waals surface area contributed by atoms with E-state index in [4.69, 9.17) is 9.47 Å². The summed E-state index contributed by atoms with van der Waals surface area (Å²) < 4.78 is 39.1. The zero-order valence-corrected chi connectivity index (χ0v) is 18.7. The maximum atomic E-state index is 13.3. The van der Waals surface area contributed by atoms with E-state index in [9.17, 15) is 13.2 Å². The molecule has 1 N–H and O–H groups in total. The van der Waals surface area contributed by atoms with E-state index in [1.807, 2.05) is 6.07 Å². The predicted molar refractivity (Wildman–Crippen MR) is 120 cm³/mol. The summed E-state index contributed by atoms with van der Waals surface area (Å²) in [7, 11) is -3.93. The number of benzene rings is 3. The van der Waals surface area contributed by atoms with Gasteiger partial charge in [-0.25, -0.2) is 8.42 Å². The van der Waals surface area contributed by atoms with E-state index in [1.165, 1.54) is 12.1 Å². The van der Waals surface area contributed by atoms with Crippen molar-refractivity contribution in [3.63, 3.8) is 0 Å². The van der Waals surface area contributed by atoms with Gasteiger partial charge in [0.2, 0.25) is 12.7 Å². The quantitative estimate of drug-likeness (QED) is 0.532. The zero-order chi connectivity index (χ0) is 21.8. The Labute approximate surface area is 188 Å². The van der Waals surface area contributed by atoms with E-state index in [1.54, 1.807) is 54.6 Å². The Morgan fingerprint density at radius 2 is 1.68 bits per heavy atom. The van der Waals surface area contributed by atoms with Gasteiger partial charge in [0.25, 0.3) is 10.0 Å². The first-order valence-corrected chi connectivity index (χ1v) is 11.7. The molecule has 31 heavy (non-hydrogen) atoms. The number of nitrogens with zero attached hydrogens (tertiary/aromatic N) is 1. The molecule has 0 spiro atoms. The van der Waals surface area contributed by atoms with Crippen molar-refractivity contribution >= 4 is 37.5 Å². The Balaban J connectivity index is 1.53. The molecule has 1 heterocycles. The third-order valence-electron chi connectivity index (χ3n) is 4.66. The third-order valence-corrected chi connectivity index (χ3v) is 6.98. The molecule has 0 saturated carbocycles. The minimum absolute atomic E-state index is 0.112. The van der Waals surface area contributed by atoms with Crippen LogP contribution < -0.4 is 19.1 Å². The van der Waals surface area contributed by atoms with E-state index in [0.29, 0.717) is 17.2 Å². The summed E-state index contributed by atoms with van der Waals surface area (Å²) in [6.07, 6.45) is 0. The van der Waals surface area contributed by atoms with Gasteiger partial charge in [-0.3, -0.25) is 9.10 Å². The number of ether oxygens (including phenoxy) is 2. The second kappa shape index (κ2) is 8.99. The molecule has 160 valence electrons. The molecule has 0 bridgehead atoms. The largest absolute Gasteiger partial charge is 0.454 e. The topological polar surface area (TPSA) is 84.9 Å². The van der Waals surface area contributed by atoms with Gasteiger partial charge in [0, 0.05) is 11.0 Å². The number of hydrogen-bond donors (Lipinski definition) is 1. The number of carbonyl (C=O) groups is 1. The van der Waals surface area contributed by atoms with Gasteiger partial charge in [-0.2, -0.15) is 0 Å². The summed E-state index contributed by atoms with van der Waals surface area (Å²) in [5.41, 5.74) is 1.21. The highest BCUT2D eigenvalue weighted by Crippen LogP contribution is 2.32. The number of nitrogens with one attached hydrogen (secondary N) is 1. The van der Waals surface area contributed by atoms with Gasteiger partial charge in [-0.1, -0.05) is 40.2 Å². The fourth-order valence-corrected chi connectivity index (χ4v) is 4.79. The van der Waals surface area contributed by atoms with Gasteiger partial charge in [-0.05, 0) is 54.1 Å². The Hall–Kier alpha value is -3.04. The monoisotopic (exact) mass is 502 g/mol. The number of sulfonamides is 1. The summed E-state index contributed by atoms with van der Waals surface area (Å²) in [4.78, 5) is 12.8. The Morgan fingerprint density at radius 1 is 0.968 bits per heavy atom. The highest BCUT2D eigenvalue weighted by Gasteiger charge is 2.27. The van der Waals surface area contributed by atoms with Crippen LogP contribution in [0.1, 0.15) is 5.56 Å². The summed E-state index contributed by atoms with van der Waals surface area (Å²) in [6.45, 7) is 0.0447. The third kappa shape index (κ3) is 4.83. The number of halogens is 1. The molecule has 0 aromatic heterocycles. The molecule has 0 radical (unpaired) electrons. The number of fused-ring (bicyclic) bond motifs is 1. The van der Waals surface area contributed by atoms with Crippen LogP contribution >= 0.6 is 15.9 Å². The lowest BCUT2D eigenvalue weighted by atomic mass is 10.2. The van der Waals surface area contributed by atoms with Crippen molar-refractivity contribution < 1.29 is 22.7 Å². The van der Waals surface area contributed by atoms with Crippen molar-refractivity contribution in [1.29, 1.82) is 0 Å². The first-order chi connectivity index (χ1) is 14.9. The first-order valence-electron chi connectivity index (χ1n) is 9.42. The Bertz CT molecular complexity index is 1180. The number of amides is 1. The molecular weight excluding hydrogens is 484 g/mol. The van der Waals surface area contributed by atoms with Crippen LogP contribution in [-0.2, 0) is 21.4 Å².